The standard InChI is InChI=1S/C7H13N3S/c1-7(2,3)5-4-11-6(8)10-9-5/h4H2,1-3H3,(H2,8,10). The summed E-state index contributed by atoms with van der Waals surface area (Å²) >= 11 is 1.49. The summed E-state index contributed by atoms with van der Waals surface area (Å²) in [6.07, 6.45) is 0. The van der Waals surface area contributed by atoms with Crippen LogP contribution in [0.2, 0.25) is 0 Å². The van der Waals surface area contributed by atoms with Crippen molar-refractivity contribution in [1.29, 1.82) is 5.41 Å². The number of hydrazone groups is 1. The highest BCUT2D eigenvalue weighted by atomic mass is 32.2. The minimum Gasteiger partial charge on any atom is -0.277 e. The largest absolute Gasteiger partial charge is 0.277 e. The molecule has 0 amide bonds. The van der Waals surface area contributed by atoms with E-state index in [0.717, 1.165) is 11.5 Å². The van der Waals surface area contributed by atoms with Gasteiger partial charge in [-0.2, -0.15) is 5.10 Å². The van der Waals surface area contributed by atoms with E-state index in [1.165, 1.54) is 11.8 Å². The lowest BCUT2D eigenvalue weighted by Gasteiger charge is -2.24. The van der Waals surface area contributed by atoms with E-state index in [9.17, 15) is 0 Å². The molecule has 2 N–H and O–H groups in total. The molecule has 1 aliphatic rings. The maximum Gasteiger partial charge on any atom is 0.174 e. The van der Waals surface area contributed by atoms with Crippen molar-refractivity contribution in [3.05, 3.63) is 0 Å². The Kier molecular flexibility index (Phi) is 2.23. The van der Waals surface area contributed by atoms with Gasteiger partial charge in [0.2, 0.25) is 0 Å². The predicted octanol–water partition coefficient (Wildman–Crippen LogP) is 1.66. The van der Waals surface area contributed by atoms with Crippen LogP contribution in [0.3, 0.4) is 0 Å². The van der Waals surface area contributed by atoms with Gasteiger partial charge in [0.1, 0.15) is 0 Å². The predicted molar refractivity (Wildman–Crippen MR) is 50.2 cm³/mol. The van der Waals surface area contributed by atoms with Gasteiger partial charge in [0, 0.05) is 11.2 Å². The molecular weight excluding hydrogens is 158 g/mol. The van der Waals surface area contributed by atoms with Crippen LogP contribution in [0, 0.1) is 10.8 Å². The second kappa shape index (κ2) is 2.85. The van der Waals surface area contributed by atoms with Gasteiger partial charge in [0.15, 0.2) is 5.17 Å². The fourth-order valence-corrected chi connectivity index (χ4v) is 1.60. The zero-order valence-corrected chi connectivity index (χ0v) is 7.88. The zero-order valence-electron chi connectivity index (χ0n) is 7.06. The van der Waals surface area contributed by atoms with Gasteiger partial charge in [-0.25, -0.2) is 0 Å². The Labute approximate surface area is 71.1 Å². The van der Waals surface area contributed by atoms with Crippen molar-refractivity contribution in [3.8, 4) is 0 Å². The van der Waals surface area contributed by atoms with Crippen molar-refractivity contribution in [2.45, 2.75) is 20.8 Å². The molecule has 3 nitrogen and oxygen atoms in total. The lowest BCUT2D eigenvalue weighted by molar-refractivity contribution is 0.583. The molecule has 0 saturated heterocycles. The van der Waals surface area contributed by atoms with Crippen molar-refractivity contribution in [2.24, 2.45) is 10.5 Å². The number of hydrogen-bond donors (Lipinski definition) is 2. The lowest BCUT2D eigenvalue weighted by Crippen LogP contribution is -2.32. The molecule has 0 fully saturated rings. The first kappa shape index (κ1) is 8.59. The van der Waals surface area contributed by atoms with Crippen molar-refractivity contribution in [1.82, 2.24) is 5.43 Å². The number of nitrogens with zero attached hydrogens (tertiary/aromatic N) is 1. The third kappa shape index (κ3) is 2.22. The molecule has 0 aliphatic carbocycles. The average molecular weight is 171 g/mol. The van der Waals surface area contributed by atoms with E-state index >= 15 is 0 Å². The third-order valence-corrected chi connectivity index (χ3v) is 2.31. The summed E-state index contributed by atoms with van der Waals surface area (Å²) in [4.78, 5) is 0. The summed E-state index contributed by atoms with van der Waals surface area (Å²) in [7, 11) is 0. The van der Waals surface area contributed by atoms with E-state index in [1.54, 1.807) is 0 Å². The lowest BCUT2D eigenvalue weighted by atomic mass is 9.91. The van der Waals surface area contributed by atoms with Gasteiger partial charge >= 0.3 is 0 Å². The van der Waals surface area contributed by atoms with E-state index in [2.05, 4.69) is 31.3 Å². The molecule has 0 unspecified atom stereocenters. The summed E-state index contributed by atoms with van der Waals surface area (Å²) in [6, 6.07) is 0. The molecule has 62 valence electrons. The Morgan fingerprint density at radius 1 is 1.55 bits per heavy atom. The number of hydrogen-bond acceptors (Lipinski definition) is 3. The molecule has 0 atom stereocenters. The summed E-state index contributed by atoms with van der Waals surface area (Å²) in [5, 5.41) is 11.8. The maximum atomic E-state index is 7.23. The molecule has 1 aliphatic heterocycles. The van der Waals surface area contributed by atoms with E-state index in [-0.39, 0.29) is 5.41 Å². The van der Waals surface area contributed by atoms with Crippen molar-refractivity contribution >= 4 is 22.6 Å². The van der Waals surface area contributed by atoms with Crippen LogP contribution >= 0.6 is 11.8 Å². The van der Waals surface area contributed by atoms with Crippen LogP contribution in [0.1, 0.15) is 20.8 Å². The van der Waals surface area contributed by atoms with E-state index in [4.69, 9.17) is 5.41 Å². The molecule has 0 aromatic rings. The summed E-state index contributed by atoms with van der Waals surface area (Å²) in [5.74, 6) is 0.843. The minimum atomic E-state index is 0.126. The summed E-state index contributed by atoms with van der Waals surface area (Å²) in [5.41, 5.74) is 3.92. The van der Waals surface area contributed by atoms with Crippen LogP contribution in [-0.2, 0) is 0 Å². The van der Waals surface area contributed by atoms with Crippen molar-refractivity contribution < 1.29 is 0 Å². The number of nitrogens with one attached hydrogen (secondary N) is 2. The highest BCUT2D eigenvalue weighted by Gasteiger charge is 2.22. The van der Waals surface area contributed by atoms with Gasteiger partial charge < -0.3 is 0 Å². The zero-order chi connectivity index (χ0) is 8.48. The third-order valence-electron chi connectivity index (χ3n) is 1.51. The number of rotatable bonds is 0. The highest BCUT2D eigenvalue weighted by molar-refractivity contribution is 8.14. The SMILES string of the molecule is CC(C)(C)C1=NNC(=N)SC1. The molecule has 0 bridgehead atoms. The van der Waals surface area contributed by atoms with Gasteiger partial charge in [0.05, 0.1) is 5.71 Å². The normalized spacial score (nSPS) is 19.2. The molecule has 0 aromatic carbocycles. The van der Waals surface area contributed by atoms with Crippen molar-refractivity contribution in [3.63, 3.8) is 0 Å². The molecule has 0 spiro atoms. The minimum absolute atomic E-state index is 0.126. The van der Waals surface area contributed by atoms with Gasteiger partial charge in [-0.1, -0.05) is 32.5 Å². The molecular formula is C7H13N3S. The topological polar surface area (TPSA) is 48.2 Å². The van der Waals surface area contributed by atoms with Gasteiger partial charge in [-0.15, -0.1) is 0 Å². The van der Waals surface area contributed by atoms with Crippen LogP contribution in [0.15, 0.2) is 5.10 Å². The number of thioether (sulfide) groups is 1. The molecule has 1 heterocycles. The monoisotopic (exact) mass is 171 g/mol. The highest BCUT2D eigenvalue weighted by Crippen LogP contribution is 2.21. The van der Waals surface area contributed by atoms with E-state index in [0.29, 0.717) is 5.17 Å². The van der Waals surface area contributed by atoms with E-state index in [1.807, 2.05) is 0 Å². The van der Waals surface area contributed by atoms with Crippen LogP contribution in [0.4, 0.5) is 0 Å². The quantitative estimate of drug-likeness (QED) is 0.582. The molecule has 1 rings (SSSR count). The Hall–Kier alpha value is -0.510. The van der Waals surface area contributed by atoms with Crippen molar-refractivity contribution in [2.75, 3.05) is 5.75 Å². The van der Waals surface area contributed by atoms with E-state index < -0.39 is 0 Å². The molecule has 0 saturated carbocycles. The fourth-order valence-electron chi connectivity index (χ4n) is 0.708. The van der Waals surface area contributed by atoms with Crippen LogP contribution in [0.25, 0.3) is 0 Å². The summed E-state index contributed by atoms with van der Waals surface area (Å²) in [6.45, 7) is 6.38. The van der Waals surface area contributed by atoms with Crippen LogP contribution < -0.4 is 5.43 Å². The molecule has 0 radical (unpaired) electrons. The first-order valence-electron chi connectivity index (χ1n) is 3.54. The first-order chi connectivity index (χ1) is 5.00. The molecule has 4 heteroatoms. The Morgan fingerprint density at radius 3 is 2.55 bits per heavy atom. The van der Waals surface area contributed by atoms with Gasteiger partial charge in [0.25, 0.3) is 0 Å². The average Bonchev–Trinajstić information content (AvgIpc) is 1.86. The Bertz CT molecular complexity index is 202. The second-order valence-corrected chi connectivity index (χ2v) is 4.52. The first-order valence-corrected chi connectivity index (χ1v) is 4.53. The second-order valence-electron chi connectivity index (χ2n) is 3.54. The maximum absolute atomic E-state index is 7.23. The van der Waals surface area contributed by atoms with Crippen LogP contribution in [0.5, 0.6) is 0 Å². The smallest absolute Gasteiger partial charge is 0.174 e. The molecule has 0 aromatic heterocycles. The number of amidine groups is 1. The Balaban J connectivity index is 2.69. The van der Waals surface area contributed by atoms with Gasteiger partial charge in [-0.05, 0) is 0 Å². The fraction of sp³-hybridized carbons (Fsp3) is 0.714. The van der Waals surface area contributed by atoms with Gasteiger partial charge in [-0.3, -0.25) is 10.8 Å². The Morgan fingerprint density at radius 2 is 2.18 bits per heavy atom. The van der Waals surface area contributed by atoms with Crippen LogP contribution in [-0.4, -0.2) is 16.6 Å². The molecule has 11 heavy (non-hydrogen) atoms. The summed E-state index contributed by atoms with van der Waals surface area (Å²) < 4.78 is 0.